The third-order valence-electron chi connectivity index (χ3n) is 3.52. The molecule has 2 rings (SSSR count). The molecule has 1 aliphatic rings. The summed E-state index contributed by atoms with van der Waals surface area (Å²) in [6, 6.07) is -0.116. The normalized spacial score (nSPS) is 24.1. The first-order chi connectivity index (χ1) is 8.97. The number of aliphatic carboxylic acids is 1. The van der Waals surface area contributed by atoms with Gasteiger partial charge in [-0.05, 0) is 33.1 Å². The van der Waals surface area contributed by atoms with E-state index in [4.69, 9.17) is 5.11 Å². The van der Waals surface area contributed by atoms with Crippen molar-refractivity contribution in [1.29, 1.82) is 0 Å². The van der Waals surface area contributed by atoms with E-state index in [9.17, 15) is 9.59 Å². The summed E-state index contributed by atoms with van der Waals surface area (Å²) in [6.45, 7) is 3.88. The highest BCUT2D eigenvalue weighted by atomic mass is 32.1. The minimum atomic E-state index is -0.793. The van der Waals surface area contributed by atoms with Crippen molar-refractivity contribution in [3.63, 3.8) is 0 Å². The van der Waals surface area contributed by atoms with Crippen molar-refractivity contribution >= 4 is 23.2 Å². The Hall–Kier alpha value is -1.43. The molecule has 5 nitrogen and oxygen atoms in total. The van der Waals surface area contributed by atoms with Crippen LogP contribution in [0.3, 0.4) is 0 Å². The molecule has 2 N–H and O–H groups in total. The smallest absolute Gasteiger partial charge is 0.306 e. The van der Waals surface area contributed by atoms with Crippen LogP contribution in [0.5, 0.6) is 0 Å². The fourth-order valence-corrected chi connectivity index (χ4v) is 3.19. The molecule has 104 valence electrons. The van der Waals surface area contributed by atoms with Crippen LogP contribution < -0.4 is 5.32 Å². The number of hydrogen-bond donors (Lipinski definition) is 2. The molecule has 0 bridgehead atoms. The van der Waals surface area contributed by atoms with E-state index in [0.717, 1.165) is 9.88 Å². The number of rotatable bonds is 4. The molecule has 0 radical (unpaired) electrons. The van der Waals surface area contributed by atoms with Gasteiger partial charge in [0.2, 0.25) is 5.91 Å². The molecule has 19 heavy (non-hydrogen) atoms. The third kappa shape index (κ3) is 3.32. The number of nitrogens with zero attached hydrogens (tertiary/aromatic N) is 1. The quantitative estimate of drug-likeness (QED) is 0.886. The number of aromatic nitrogens is 1. The Morgan fingerprint density at radius 3 is 2.68 bits per heavy atom. The number of aryl methyl sites for hydroxylation is 1. The van der Waals surface area contributed by atoms with Crippen molar-refractivity contribution < 1.29 is 14.7 Å². The van der Waals surface area contributed by atoms with Gasteiger partial charge in [-0.2, -0.15) is 0 Å². The lowest BCUT2D eigenvalue weighted by atomic mass is 10.0. The highest BCUT2D eigenvalue weighted by Gasteiger charge is 2.34. The predicted molar refractivity (Wildman–Crippen MR) is 71.9 cm³/mol. The van der Waals surface area contributed by atoms with Gasteiger partial charge in [0, 0.05) is 17.0 Å². The van der Waals surface area contributed by atoms with Crippen LogP contribution in [0.15, 0.2) is 6.20 Å². The molecule has 0 aromatic carbocycles. The van der Waals surface area contributed by atoms with E-state index in [2.05, 4.69) is 10.3 Å². The Balaban J connectivity index is 1.89. The standard InChI is InChI=1S/C13H18N2O3S/c1-7-6-14-12(19-7)8(2)15-11(16)9-3-4-10(5-9)13(17)18/h6,8-10H,3-5H2,1-2H3,(H,15,16)(H,17,18). The maximum absolute atomic E-state index is 12.1. The molecule has 1 amide bonds. The lowest BCUT2D eigenvalue weighted by molar-refractivity contribution is -0.141. The number of amides is 1. The van der Waals surface area contributed by atoms with Gasteiger partial charge < -0.3 is 10.4 Å². The Bertz CT molecular complexity index is 486. The van der Waals surface area contributed by atoms with Crippen molar-refractivity contribution in [2.75, 3.05) is 0 Å². The first kappa shape index (κ1) is 14.0. The third-order valence-corrected chi connectivity index (χ3v) is 4.62. The number of carboxylic acids is 1. The molecule has 1 saturated carbocycles. The van der Waals surface area contributed by atoms with Crippen molar-refractivity contribution in [3.8, 4) is 0 Å². The van der Waals surface area contributed by atoms with E-state index >= 15 is 0 Å². The number of nitrogens with one attached hydrogen (secondary N) is 1. The molecule has 6 heteroatoms. The summed E-state index contributed by atoms with van der Waals surface area (Å²) in [6.07, 6.45) is 3.49. The average Bonchev–Trinajstić information content (AvgIpc) is 2.96. The van der Waals surface area contributed by atoms with Gasteiger partial charge in [0.25, 0.3) is 0 Å². The molecule has 3 atom stereocenters. The summed E-state index contributed by atoms with van der Waals surface area (Å²) >= 11 is 1.57. The highest BCUT2D eigenvalue weighted by molar-refractivity contribution is 7.11. The zero-order chi connectivity index (χ0) is 14.0. The Morgan fingerprint density at radius 1 is 1.47 bits per heavy atom. The molecule has 1 aromatic rings. The highest BCUT2D eigenvalue weighted by Crippen LogP contribution is 2.31. The van der Waals surface area contributed by atoms with E-state index in [0.29, 0.717) is 19.3 Å². The van der Waals surface area contributed by atoms with Gasteiger partial charge in [-0.3, -0.25) is 9.59 Å². The summed E-state index contributed by atoms with van der Waals surface area (Å²) in [5.41, 5.74) is 0. The van der Waals surface area contributed by atoms with E-state index < -0.39 is 5.97 Å². The molecule has 3 unspecified atom stereocenters. The van der Waals surface area contributed by atoms with Crippen LogP contribution in [-0.2, 0) is 9.59 Å². The van der Waals surface area contributed by atoms with Crippen LogP contribution in [0.1, 0.15) is 42.1 Å². The summed E-state index contributed by atoms with van der Waals surface area (Å²) in [5, 5.41) is 12.7. The minimum absolute atomic E-state index is 0.0518. The van der Waals surface area contributed by atoms with Crippen LogP contribution >= 0.6 is 11.3 Å². The zero-order valence-electron chi connectivity index (χ0n) is 11.0. The van der Waals surface area contributed by atoms with Crippen molar-refractivity contribution in [2.24, 2.45) is 11.8 Å². The number of carbonyl (C=O) groups excluding carboxylic acids is 1. The molecule has 0 aliphatic heterocycles. The SMILES string of the molecule is Cc1cnc(C(C)NC(=O)C2CCC(C(=O)O)C2)s1. The van der Waals surface area contributed by atoms with Gasteiger partial charge in [-0.25, -0.2) is 4.98 Å². The van der Waals surface area contributed by atoms with Crippen molar-refractivity contribution in [3.05, 3.63) is 16.1 Å². The van der Waals surface area contributed by atoms with E-state index in [1.807, 2.05) is 13.8 Å². The minimum Gasteiger partial charge on any atom is -0.481 e. The molecular formula is C13H18N2O3S. The summed E-state index contributed by atoms with van der Waals surface area (Å²) in [7, 11) is 0. The van der Waals surface area contributed by atoms with Gasteiger partial charge in [-0.15, -0.1) is 11.3 Å². The Kier molecular flexibility index (Phi) is 4.19. The van der Waals surface area contributed by atoms with Crippen molar-refractivity contribution in [2.45, 2.75) is 39.2 Å². The number of carbonyl (C=O) groups is 2. The number of hydrogen-bond acceptors (Lipinski definition) is 4. The molecule has 1 aliphatic carbocycles. The monoisotopic (exact) mass is 282 g/mol. The Labute approximate surface area is 116 Å². The van der Waals surface area contributed by atoms with Crippen LogP contribution in [-0.4, -0.2) is 22.0 Å². The largest absolute Gasteiger partial charge is 0.481 e. The zero-order valence-corrected chi connectivity index (χ0v) is 11.9. The molecule has 1 fully saturated rings. The molecular weight excluding hydrogens is 264 g/mol. The maximum Gasteiger partial charge on any atom is 0.306 e. The number of carboxylic acid groups (broad SMARTS) is 1. The average molecular weight is 282 g/mol. The van der Waals surface area contributed by atoms with Gasteiger partial charge in [0.1, 0.15) is 5.01 Å². The fourth-order valence-electron chi connectivity index (χ4n) is 2.41. The summed E-state index contributed by atoms with van der Waals surface area (Å²) < 4.78 is 0. The summed E-state index contributed by atoms with van der Waals surface area (Å²) in [4.78, 5) is 28.3. The van der Waals surface area contributed by atoms with Gasteiger partial charge in [0.15, 0.2) is 0 Å². The van der Waals surface area contributed by atoms with Crippen molar-refractivity contribution in [1.82, 2.24) is 10.3 Å². The second-order valence-corrected chi connectivity index (χ2v) is 6.35. The van der Waals surface area contributed by atoms with Crippen LogP contribution in [0.25, 0.3) is 0 Å². The summed E-state index contributed by atoms with van der Waals surface area (Å²) in [5.74, 6) is -1.39. The maximum atomic E-state index is 12.1. The second kappa shape index (κ2) is 5.69. The predicted octanol–water partition coefficient (Wildman–Crippen LogP) is 2.13. The Morgan fingerprint density at radius 2 is 2.16 bits per heavy atom. The van der Waals surface area contributed by atoms with E-state index in [-0.39, 0.29) is 23.8 Å². The molecule has 1 heterocycles. The van der Waals surface area contributed by atoms with Gasteiger partial charge >= 0.3 is 5.97 Å². The lowest BCUT2D eigenvalue weighted by Crippen LogP contribution is -2.32. The van der Waals surface area contributed by atoms with Crippen LogP contribution in [0, 0.1) is 18.8 Å². The first-order valence-electron chi connectivity index (χ1n) is 6.43. The topological polar surface area (TPSA) is 79.3 Å². The first-order valence-corrected chi connectivity index (χ1v) is 7.24. The van der Waals surface area contributed by atoms with Crippen LogP contribution in [0.4, 0.5) is 0 Å². The van der Waals surface area contributed by atoms with E-state index in [1.165, 1.54) is 0 Å². The molecule has 0 saturated heterocycles. The van der Waals surface area contributed by atoms with E-state index in [1.54, 1.807) is 17.5 Å². The molecule has 1 aromatic heterocycles. The van der Waals surface area contributed by atoms with Gasteiger partial charge in [-0.1, -0.05) is 0 Å². The second-order valence-electron chi connectivity index (χ2n) is 5.08. The molecule has 0 spiro atoms. The number of thiazole rings is 1. The van der Waals surface area contributed by atoms with Crippen LogP contribution in [0.2, 0.25) is 0 Å². The fraction of sp³-hybridized carbons (Fsp3) is 0.615. The van der Waals surface area contributed by atoms with Gasteiger partial charge in [0.05, 0.1) is 12.0 Å². The lowest BCUT2D eigenvalue weighted by Gasteiger charge is -2.15.